The number of morpholine rings is 1. The van der Waals surface area contributed by atoms with Crippen molar-refractivity contribution in [2.75, 3.05) is 36.5 Å². The summed E-state index contributed by atoms with van der Waals surface area (Å²) in [4.78, 5) is 23.5. The van der Waals surface area contributed by atoms with Gasteiger partial charge in [0.15, 0.2) is 11.4 Å². The van der Waals surface area contributed by atoms with Gasteiger partial charge in [0.1, 0.15) is 0 Å². The van der Waals surface area contributed by atoms with E-state index in [-0.39, 0.29) is 5.78 Å². The molecule has 0 bridgehead atoms. The highest BCUT2D eigenvalue weighted by Crippen LogP contribution is 2.22. The molecule has 178 valence electrons. The summed E-state index contributed by atoms with van der Waals surface area (Å²) in [6, 6.07) is 16.3. The molecule has 8 heteroatoms. The minimum absolute atomic E-state index is 0.0932. The van der Waals surface area contributed by atoms with Crippen molar-refractivity contribution in [1.29, 1.82) is 0 Å². The zero-order valence-corrected chi connectivity index (χ0v) is 19.7. The monoisotopic (exact) mass is 468 g/mol. The molecule has 8 nitrogen and oxygen atoms in total. The maximum atomic E-state index is 12.0. The molecule has 0 saturated carbocycles. The fourth-order valence-corrected chi connectivity index (χ4v) is 4.21. The second-order valence-electron chi connectivity index (χ2n) is 8.51. The van der Waals surface area contributed by atoms with Gasteiger partial charge < -0.3 is 15.0 Å². The first-order valence-electron chi connectivity index (χ1n) is 11.8. The smallest absolute Gasteiger partial charge is 0.229 e. The van der Waals surface area contributed by atoms with Crippen LogP contribution in [0, 0.1) is 0 Å². The highest BCUT2D eigenvalue weighted by atomic mass is 16.5. The Morgan fingerprint density at radius 1 is 1.09 bits per heavy atom. The molecule has 3 heterocycles. The first-order chi connectivity index (χ1) is 17.2. The van der Waals surface area contributed by atoms with E-state index in [1.165, 1.54) is 5.69 Å². The summed E-state index contributed by atoms with van der Waals surface area (Å²) >= 11 is 0. The number of fused-ring (bicyclic) bond motifs is 1. The van der Waals surface area contributed by atoms with E-state index in [9.17, 15) is 4.79 Å². The van der Waals surface area contributed by atoms with E-state index in [4.69, 9.17) is 9.72 Å². The topological polar surface area (TPSA) is 85.2 Å². The van der Waals surface area contributed by atoms with Crippen molar-refractivity contribution in [2.24, 2.45) is 0 Å². The average Bonchev–Trinajstić information content (AvgIpc) is 3.27. The van der Waals surface area contributed by atoms with E-state index in [2.05, 4.69) is 32.4 Å². The Morgan fingerprint density at radius 2 is 1.89 bits per heavy atom. The molecule has 0 amide bonds. The second-order valence-corrected chi connectivity index (χ2v) is 8.51. The van der Waals surface area contributed by atoms with Crippen molar-refractivity contribution in [3.8, 4) is 0 Å². The van der Waals surface area contributed by atoms with Gasteiger partial charge in [-0.05, 0) is 48.4 Å². The molecule has 0 spiro atoms. The van der Waals surface area contributed by atoms with Gasteiger partial charge in [-0.3, -0.25) is 4.79 Å². The molecule has 1 saturated heterocycles. The van der Waals surface area contributed by atoms with E-state index in [0.717, 1.165) is 54.2 Å². The molecule has 0 unspecified atom stereocenters. The fraction of sp³-hybridized carbons (Fsp3) is 0.259. The number of rotatable bonds is 8. The maximum absolute atomic E-state index is 12.0. The Labute approximate surface area is 204 Å². The Balaban J connectivity index is 1.30. The van der Waals surface area contributed by atoms with Crippen LogP contribution in [0.2, 0.25) is 0 Å². The minimum atomic E-state index is 0.0932. The summed E-state index contributed by atoms with van der Waals surface area (Å²) in [5.74, 6) is 0.611. The zero-order valence-electron chi connectivity index (χ0n) is 19.7. The normalized spacial score (nSPS) is 14.0. The number of benzene rings is 2. The number of ketones is 1. The van der Waals surface area contributed by atoms with E-state index >= 15 is 0 Å². The van der Waals surface area contributed by atoms with E-state index in [0.29, 0.717) is 18.9 Å². The number of aromatic nitrogens is 4. The number of carbonyl (C=O) groups excluding carboxylic acids is 1. The predicted octanol–water partition coefficient (Wildman–Crippen LogP) is 4.14. The summed E-state index contributed by atoms with van der Waals surface area (Å²) in [5.41, 5.74) is 4.91. The third-order valence-corrected chi connectivity index (χ3v) is 5.93. The number of anilines is 3. The van der Waals surface area contributed by atoms with Gasteiger partial charge in [0, 0.05) is 37.1 Å². The molecule has 1 N–H and O–H groups in total. The molecule has 2 aromatic carbocycles. The Morgan fingerprint density at radius 3 is 2.69 bits per heavy atom. The summed E-state index contributed by atoms with van der Waals surface area (Å²) in [6.45, 7) is 5.75. The SMILES string of the molecule is C/C=C/C(=O)Cc1cccc(Cn2ncc3cnc(Nc4ccc(N5CCOCC5)cc4)nc32)c1. The number of nitrogens with one attached hydrogen (secondary N) is 1. The van der Waals surface area contributed by atoms with Gasteiger partial charge in [-0.2, -0.15) is 10.1 Å². The Hall–Kier alpha value is -4.04. The Kier molecular flexibility index (Phi) is 6.81. The van der Waals surface area contributed by atoms with Gasteiger partial charge in [-0.25, -0.2) is 9.67 Å². The largest absolute Gasteiger partial charge is 0.378 e. The summed E-state index contributed by atoms with van der Waals surface area (Å²) in [7, 11) is 0. The predicted molar refractivity (Wildman–Crippen MR) is 137 cm³/mol. The van der Waals surface area contributed by atoms with Crippen LogP contribution in [0.4, 0.5) is 17.3 Å². The van der Waals surface area contributed by atoms with Crippen molar-refractivity contribution >= 4 is 34.1 Å². The fourth-order valence-electron chi connectivity index (χ4n) is 4.21. The van der Waals surface area contributed by atoms with Crippen LogP contribution in [0.25, 0.3) is 11.0 Å². The molecule has 2 aromatic heterocycles. The maximum Gasteiger partial charge on any atom is 0.229 e. The van der Waals surface area contributed by atoms with Gasteiger partial charge >= 0.3 is 0 Å². The zero-order chi connectivity index (χ0) is 24.0. The van der Waals surface area contributed by atoms with Crippen molar-refractivity contribution in [2.45, 2.75) is 19.9 Å². The van der Waals surface area contributed by atoms with Crippen molar-refractivity contribution in [1.82, 2.24) is 19.7 Å². The van der Waals surface area contributed by atoms with E-state index < -0.39 is 0 Å². The van der Waals surface area contributed by atoms with Gasteiger partial charge in [0.05, 0.1) is 31.3 Å². The van der Waals surface area contributed by atoms with Gasteiger partial charge in [0.25, 0.3) is 0 Å². The molecule has 1 aliphatic heterocycles. The molecule has 1 fully saturated rings. The molecule has 0 radical (unpaired) electrons. The molecule has 1 aliphatic rings. The number of carbonyl (C=O) groups is 1. The van der Waals surface area contributed by atoms with Crippen molar-refractivity contribution in [3.63, 3.8) is 0 Å². The van der Waals surface area contributed by atoms with Gasteiger partial charge in [-0.1, -0.05) is 30.3 Å². The molecule has 35 heavy (non-hydrogen) atoms. The van der Waals surface area contributed by atoms with Crippen LogP contribution in [0.1, 0.15) is 18.1 Å². The number of hydrogen-bond donors (Lipinski definition) is 1. The molecule has 0 atom stereocenters. The minimum Gasteiger partial charge on any atom is -0.378 e. The summed E-state index contributed by atoms with van der Waals surface area (Å²) < 4.78 is 7.29. The first kappa shape index (κ1) is 22.7. The molecular formula is C27H28N6O2. The number of nitrogens with zero attached hydrogens (tertiary/aromatic N) is 5. The van der Waals surface area contributed by atoms with E-state index in [1.807, 2.05) is 48.0 Å². The van der Waals surface area contributed by atoms with Crippen LogP contribution < -0.4 is 10.2 Å². The number of ether oxygens (including phenoxy) is 1. The average molecular weight is 469 g/mol. The van der Waals surface area contributed by atoms with Crippen LogP contribution in [-0.4, -0.2) is 51.8 Å². The van der Waals surface area contributed by atoms with Crippen LogP contribution in [0.3, 0.4) is 0 Å². The standard InChI is InChI=1S/C27H28N6O2/c1-2-4-25(34)16-20-5-3-6-21(15-20)19-33-26-22(18-29-33)17-28-27(31-26)30-23-7-9-24(10-8-23)32-11-13-35-14-12-32/h2-10,15,17-18H,11-14,16,19H2,1H3,(H,28,30,31)/b4-2+. The highest BCUT2D eigenvalue weighted by Gasteiger charge is 2.12. The molecule has 0 aliphatic carbocycles. The lowest BCUT2D eigenvalue weighted by Gasteiger charge is -2.28. The highest BCUT2D eigenvalue weighted by molar-refractivity contribution is 5.91. The molecular weight excluding hydrogens is 440 g/mol. The van der Waals surface area contributed by atoms with Crippen LogP contribution in [-0.2, 0) is 22.5 Å². The van der Waals surface area contributed by atoms with E-state index in [1.54, 1.807) is 24.5 Å². The lowest BCUT2D eigenvalue weighted by atomic mass is 10.1. The number of allylic oxidation sites excluding steroid dienone is 2. The van der Waals surface area contributed by atoms with Crippen LogP contribution in [0.5, 0.6) is 0 Å². The Bertz CT molecular complexity index is 1340. The molecule has 5 rings (SSSR count). The summed E-state index contributed by atoms with van der Waals surface area (Å²) in [5, 5.41) is 8.69. The number of hydrogen-bond acceptors (Lipinski definition) is 7. The first-order valence-corrected chi connectivity index (χ1v) is 11.8. The molecule has 4 aromatic rings. The lowest BCUT2D eigenvalue weighted by molar-refractivity contribution is -0.114. The van der Waals surface area contributed by atoms with Gasteiger partial charge in [-0.15, -0.1) is 0 Å². The quantitative estimate of drug-likeness (QED) is 0.389. The van der Waals surface area contributed by atoms with Crippen LogP contribution >= 0.6 is 0 Å². The lowest BCUT2D eigenvalue weighted by Crippen LogP contribution is -2.36. The summed E-state index contributed by atoms with van der Waals surface area (Å²) in [6.07, 6.45) is 7.32. The van der Waals surface area contributed by atoms with Gasteiger partial charge in [0.2, 0.25) is 5.95 Å². The van der Waals surface area contributed by atoms with Crippen LogP contribution in [0.15, 0.2) is 73.1 Å². The second kappa shape index (κ2) is 10.5. The third-order valence-electron chi connectivity index (χ3n) is 5.93. The van der Waals surface area contributed by atoms with Crippen molar-refractivity contribution < 1.29 is 9.53 Å². The third kappa shape index (κ3) is 5.55. The van der Waals surface area contributed by atoms with Crippen molar-refractivity contribution in [3.05, 3.63) is 84.2 Å².